The van der Waals surface area contributed by atoms with E-state index in [1.54, 1.807) is 12.3 Å². The van der Waals surface area contributed by atoms with Gasteiger partial charge in [0.05, 0.1) is 0 Å². The summed E-state index contributed by atoms with van der Waals surface area (Å²) >= 11 is 0. The highest BCUT2D eigenvalue weighted by atomic mass is 16.2. The zero-order chi connectivity index (χ0) is 17.8. The van der Waals surface area contributed by atoms with Crippen molar-refractivity contribution < 1.29 is 4.79 Å². The molecule has 2 aromatic rings. The number of hydrogen-bond donors (Lipinski definition) is 1. The molecule has 132 valence electrons. The Hall–Kier alpha value is -2.40. The number of nitrogens with two attached hydrogens (primary N) is 1. The van der Waals surface area contributed by atoms with E-state index in [2.05, 4.69) is 29.2 Å². The van der Waals surface area contributed by atoms with Crippen molar-refractivity contribution in [1.29, 1.82) is 0 Å². The summed E-state index contributed by atoms with van der Waals surface area (Å²) in [5, 5.41) is 0. The Balaban J connectivity index is 1.76. The predicted octanol–water partition coefficient (Wildman–Crippen LogP) is 2.63. The minimum absolute atomic E-state index is 0.0881. The zero-order valence-electron chi connectivity index (χ0n) is 15.0. The molecule has 2 N–H and O–H groups in total. The number of hydrogen-bond acceptors (Lipinski definition) is 4. The van der Waals surface area contributed by atoms with Gasteiger partial charge in [0.25, 0.3) is 5.91 Å². The first-order valence-electron chi connectivity index (χ1n) is 8.80. The molecule has 1 aromatic heterocycles. The number of pyridine rings is 1. The number of anilines is 1. The smallest absolute Gasteiger partial charge is 0.254 e. The predicted molar refractivity (Wildman–Crippen MR) is 101 cm³/mol. The van der Waals surface area contributed by atoms with Crippen LogP contribution in [0, 0.1) is 0 Å². The molecule has 0 aliphatic carbocycles. The molecular formula is C20H26N4O. The van der Waals surface area contributed by atoms with Crippen LogP contribution in [-0.4, -0.2) is 43.0 Å². The van der Waals surface area contributed by atoms with Crippen LogP contribution in [0.15, 0.2) is 42.6 Å². The average Bonchev–Trinajstić information content (AvgIpc) is 2.67. The SMILES string of the molecule is CN(C)c1cc(C(=O)N2CCCC(c3cccc(CN)c3)C2)ccn1. The van der Waals surface area contributed by atoms with E-state index in [-0.39, 0.29) is 5.91 Å². The standard InChI is InChI=1S/C20H26N4O/c1-23(2)19-12-17(8-9-22-19)20(25)24-10-4-7-18(14-24)16-6-3-5-15(11-16)13-21/h3,5-6,8-9,11-12,18H,4,7,10,13-14,21H2,1-2H3. The zero-order valence-corrected chi connectivity index (χ0v) is 15.0. The highest BCUT2D eigenvalue weighted by Crippen LogP contribution is 2.28. The summed E-state index contributed by atoms with van der Waals surface area (Å²) in [6.07, 6.45) is 3.83. The van der Waals surface area contributed by atoms with Crippen LogP contribution in [-0.2, 0) is 6.54 Å². The molecule has 1 fully saturated rings. The number of nitrogens with zero attached hydrogens (tertiary/aromatic N) is 3. The molecule has 5 heteroatoms. The Labute approximate surface area is 149 Å². The molecule has 1 unspecified atom stereocenters. The number of likely N-dealkylation sites (tertiary alicyclic amines) is 1. The molecule has 25 heavy (non-hydrogen) atoms. The first-order chi connectivity index (χ1) is 12.1. The lowest BCUT2D eigenvalue weighted by Crippen LogP contribution is -2.39. The van der Waals surface area contributed by atoms with E-state index in [9.17, 15) is 4.79 Å². The molecule has 3 rings (SSSR count). The number of piperidine rings is 1. The molecule has 1 saturated heterocycles. The highest BCUT2D eigenvalue weighted by molar-refractivity contribution is 5.95. The normalized spacial score (nSPS) is 17.4. The Bertz CT molecular complexity index is 744. The van der Waals surface area contributed by atoms with Gasteiger partial charge in [-0.25, -0.2) is 4.98 Å². The van der Waals surface area contributed by atoms with Gasteiger partial charge in [-0.2, -0.15) is 0 Å². The van der Waals surface area contributed by atoms with Gasteiger partial charge < -0.3 is 15.5 Å². The molecule has 0 saturated carbocycles. The van der Waals surface area contributed by atoms with Crippen LogP contribution in [0.2, 0.25) is 0 Å². The Morgan fingerprint density at radius 2 is 2.16 bits per heavy atom. The maximum Gasteiger partial charge on any atom is 0.254 e. The number of amides is 1. The van der Waals surface area contributed by atoms with Crippen LogP contribution in [0.3, 0.4) is 0 Å². The van der Waals surface area contributed by atoms with Gasteiger partial charge in [0.1, 0.15) is 5.82 Å². The maximum atomic E-state index is 12.9. The summed E-state index contributed by atoms with van der Waals surface area (Å²) < 4.78 is 0. The summed E-state index contributed by atoms with van der Waals surface area (Å²) in [6, 6.07) is 12.1. The first kappa shape index (κ1) is 17.4. The van der Waals surface area contributed by atoms with Crippen molar-refractivity contribution in [1.82, 2.24) is 9.88 Å². The lowest BCUT2D eigenvalue weighted by atomic mass is 9.89. The molecule has 1 aliphatic rings. The Morgan fingerprint density at radius 3 is 2.92 bits per heavy atom. The van der Waals surface area contributed by atoms with Crippen LogP contribution < -0.4 is 10.6 Å². The molecule has 1 aromatic carbocycles. The van der Waals surface area contributed by atoms with Gasteiger partial charge >= 0.3 is 0 Å². The van der Waals surface area contributed by atoms with E-state index in [0.29, 0.717) is 18.0 Å². The van der Waals surface area contributed by atoms with Gasteiger partial charge in [0, 0.05) is 51.4 Å². The number of aromatic nitrogens is 1. The molecule has 0 spiro atoms. The summed E-state index contributed by atoms with van der Waals surface area (Å²) in [5.74, 6) is 1.26. The average molecular weight is 338 g/mol. The van der Waals surface area contributed by atoms with Gasteiger partial charge in [-0.3, -0.25) is 4.79 Å². The van der Waals surface area contributed by atoms with Crippen molar-refractivity contribution in [2.45, 2.75) is 25.3 Å². The minimum atomic E-state index is 0.0881. The Kier molecular flexibility index (Phi) is 5.34. The molecule has 2 heterocycles. The van der Waals surface area contributed by atoms with Crippen molar-refractivity contribution in [2.75, 3.05) is 32.1 Å². The second-order valence-corrected chi connectivity index (χ2v) is 6.84. The van der Waals surface area contributed by atoms with Crippen molar-refractivity contribution in [3.8, 4) is 0 Å². The Morgan fingerprint density at radius 1 is 1.32 bits per heavy atom. The second-order valence-electron chi connectivity index (χ2n) is 6.84. The molecule has 0 radical (unpaired) electrons. The van der Waals surface area contributed by atoms with Crippen LogP contribution in [0.5, 0.6) is 0 Å². The molecular weight excluding hydrogens is 312 g/mol. The van der Waals surface area contributed by atoms with E-state index in [4.69, 9.17) is 5.73 Å². The fraction of sp³-hybridized carbons (Fsp3) is 0.400. The number of carbonyl (C=O) groups is 1. The van der Waals surface area contributed by atoms with E-state index in [1.807, 2.05) is 30.0 Å². The maximum absolute atomic E-state index is 12.9. The fourth-order valence-corrected chi connectivity index (χ4v) is 3.39. The third-order valence-electron chi connectivity index (χ3n) is 4.82. The van der Waals surface area contributed by atoms with Crippen LogP contribution >= 0.6 is 0 Å². The summed E-state index contributed by atoms with van der Waals surface area (Å²) in [6.45, 7) is 2.12. The topological polar surface area (TPSA) is 62.5 Å². The number of benzene rings is 1. The van der Waals surface area contributed by atoms with E-state index in [0.717, 1.165) is 37.3 Å². The molecule has 1 atom stereocenters. The fourth-order valence-electron chi connectivity index (χ4n) is 3.39. The molecule has 5 nitrogen and oxygen atoms in total. The highest BCUT2D eigenvalue weighted by Gasteiger charge is 2.26. The third kappa shape index (κ3) is 3.99. The summed E-state index contributed by atoms with van der Waals surface area (Å²) in [4.78, 5) is 21.1. The molecule has 0 bridgehead atoms. The van der Waals surface area contributed by atoms with E-state index < -0.39 is 0 Å². The van der Waals surface area contributed by atoms with Crippen molar-refractivity contribution in [3.05, 3.63) is 59.3 Å². The second kappa shape index (κ2) is 7.66. The van der Waals surface area contributed by atoms with Crippen molar-refractivity contribution >= 4 is 11.7 Å². The summed E-state index contributed by atoms with van der Waals surface area (Å²) in [5.41, 5.74) is 8.89. The minimum Gasteiger partial charge on any atom is -0.363 e. The first-order valence-corrected chi connectivity index (χ1v) is 8.80. The monoisotopic (exact) mass is 338 g/mol. The molecule has 1 aliphatic heterocycles. The quantitative estimate of drug-likeness (QED) is 0.931. The number of carbonyl (C=O) groups excluding carboxylic acids is 1. The third-order valence-corrected chi connectivity index (χ3v) is 4.82. The van der Waals surface area contributed by atoms with Crippen LogP contribution in [0.4, 0.5) is 5.82 Å². The van der Waals surface area contributed by atoms with Crippen LogP contribution in [0.25, 0.3) is 0 Å². The van der Waals surface area contributed by atoms with Gasteiger partial charge in [-0.15, -0.1) is 0 Å². The molecule has 1 amide bonds. The van der Waals surface area contributed by atoms with Gasteiger partial charge in [-0.05, 0) is 36.1 Å². The largest absolute Gasteiger partial charge is 0.363 e. The number of rotatable bonds is 4. The van der Waals surface area contributed by atoms with Gasteiger partial charge in [0.15, 0.2) is 0 Å². The van der Waals surface area contributed by atoms with E-state index >= 15 is 0 Å². The van der Waals surface area contributed by atoms with Crippen molar-refractivity contribution in [3.63, 3.8) is 0 Å². The lowest BCUT2D eigenvalue weighted by molar-refractivity contribution is 0.0707. The van der Waals surface area contributed by atoms with Crippen LogP contribution in [0.1, 0.15) is 40.2 Å². The van der Waals surface area contributed by atoms with Gasteiger partial charge in [-0.1, -0.05) is 24.3 Å². The summed E-state index contributed by atoms with van der Waals surface area (Å²) in [7, 11) is 3.86. The van der Waals surface area contributed by atoms with Gasteiger partial charge in [0.2, 0.25) is 0 Å². The lowest BCUT2D eigenvalue weighted by Gasteiger charge is -2.33. The van der Waals surface area contributed by atoms with E-state index in [1.165, 1.54) is 5.56 Å². The van der Waals surface area contributed by atoms with Crippen molar-refractivity contribution in [2.24, 2.45) is 5.73 Å².